The van der Waals surface area contributed by atoms with Gasteiger partial charge in [0.25, 0.3) is 0 Å². The fraction of sp³-hybridized carbons (Fsp3) is 0.647. The van der Waals surface area contributed by atoms with Crippen LogP contribution in [0.15, 0.2) is 24.3 Å². The molecular formula is C17H26N2O. The van der Waals surface area contributed by atoms with Crippen LogP contribution in [-0.2, 0) is 11.3 Å². The summed E-state index contributed by atoms with van der Waals surface area (Å²) in [5.74, 6) is 0. The summed E-state index contributed by atoms with van der Waals surface area (Å²) in [6.45, 7) is 6.11. The molecule has 2 unspecified atom stereocenters. The Bertz CT molecular complexity index is 435. The Hall–Kier alpha value is -1.06. The van der Waals surface area contributed by atoms with Crippen LogP contribution >= 0.6 is 0 Å². The number of rotatable bonds is 5. The summed E-state index contributed by atoms with van der Waals surface area (Å²) in [6.07, 6.45) is 5.33. The summed E-state index contributed by atoms with van der Waals surface area (Å²) < 4.78 is 5.57. The van der Waals surface area contributed by atoms with Crippen LogP contribution in [0.1, 0.15) is 38.2 Å². The molecule has 3 nitrogen and oxygen atoms in total. The molecule has 2 atom stereocenters. The van der Waals surface area contributed by atoms with Gasteiger partial charge in [0.05, 0.1) is 6.61 Å². The van der Waals surface area contributed by atoms with Crippen molar-refractivity contribution in [3.05, 3.63) is 29.8 Å². The lowest BCUT2D eigenvalue weighted by Crippen LogP contribution is -2.42. The summed E-state index contributed by atoms with van der Waals surface area (Å²) in [6, 6.07) is 10.0. The molecule has 3 heteroatoms. The number of hydrogen-bond donors (Lipinski definition) is 1. The van der Waals surface area contributed by atoms with Gasteiger partial charge in [0.15, 0.2) is 0 Å². The Morgan fingerprint density at radius 2 is 2.15 bits per heavy atom. The zero-order chi connectivity index (χ0) is 13.8. The van der Waals surface area contributed by atoms with Gasteiger partial charge >= 0.3 is 0 Å². The van der Waals surface area contributed by atoms with Gasteiger partial charge in [-0.2, -0.15) is 0 Å². The second-order valence-corrected chi connectivity index (χ2v) is 5.99. The molecule has 0 amide bonds. The molecule has 110 valence electrons. The maximum atomic E-state index is 5.57. The van der Waals surface area contributed by atoms with Gasteiger partial charge in [-0.15, -0.1) is 0 Å². The van der Waals surface area contributed by atoms with Crippen molar-refractivity contribution in [2.75, 3.05) is 25.0 Å². The Morgan fingerprint density at radius 3 is 3.05 bits per heavy atom. The molecular weight excluding hydrogens is 248 g/mol. The maximum Gasteiger partial charge on any atom is 0.0736 e. The number of piperidine rings is 1. The van der Waals surface area contributed by atoms with Gasteiger partial charge in [-0.1, -0.05) is 18.2 Å². The third-order valence-corrected chi connectivity index (χ3v) is 4.66. The molecule has 0 saturated carbocycles. The Balaban J connectivity index is 1.62. The smallest absolute Gasteiger partial charge is 0.0736 e. The number of hydrogen-bond acceptors (Lipinski definition) is 3. The van der Waals surface area contributed by atoms with Gasteiger partial charge in [0, 0.05) is 36.5 Å². The number of benzene rings is 1. The van der Waals surface area contributed by atoms with Crippen LogP contribution < -0.4 is 5.32 Å². The van der Waals surface area contributed by atoms with Crippen molar-refractivity contribution < 1.29 is 4.74 Å². The van der Waals surface area contributed by atoms with Gasteiger partial charge < -0.3 is 15.0 Å². The first kappa shape index (κ1) is 13.9. The van der Waals surface area contributed by atoms with E-state index in [9.17, 15) is 0 Å². The van der Waals surface area contributed by atoms with E-state index in [-0.39, 0.29) is 0 Å². The van der Waals surface area contributed by atoms with Gasteiger partial charge in [-0.3, -0.25) is 0 Å². The highest BCUT2D eigenvalue weighted by Crippen LogP contribution is 2.29. The SMILES string of the molecule is CCOCc1ccccc1NC1CCN2CCCC2C1. The molecule has 0 radical (unpaired) electrons. The van der Waals surface area contributed by atoms with Crippen LogP contribution in [0, 0.1) is 0 Å². The van der Waals surface area contributed by atoms with Crippen molar-refractivity contribution in [1.82, 2.24) is 4.90 Å². The van der Waals surface area contributed by atoms with E-state index >= 15 is 0 Å². The molecule has 0 spiro atoms. The standard InChI is InChI=1S/C17H26N2O/c1-2-20-13-14-6-3-4-8-17(14)18-15-9-11-19-10-5-7-16(19)12-15/h3-4,6,8,15-16,18H,2,5,7,9-13H2,1H3. The summed E-state index contributed by atoms with van der Waals surface area (Å²) >= 11 is 0. The molecule has 0 bridgehead atoms. The van der Waals surface area contributed by atoms with Crippen LogP contribution in [0.4, 0.5) is 5.69 Å². The number of nitrogens with one attached hydrogen (secondary N) is 1. The quantitative estimate of drug-likeness (QED) is 0.892. The fourth-order valence-electron chi connectivity index (χ4n) is 3.57. The third kappa shape index (κ3) is 3.15. The van der Waals surface area contributed by atoms with E-state index in [0.717, 1.165) is 12.6 Å². The maximum absolute atomic E-state index is 5.57. The van der Waals surface area contributed by atoms with Gasteiger partial charge in [0.1, 0.15) is 0 Å². The Morgan fingerprint density at radius 1 is 1.25 bits per heavy atom. The van der Waals surface area contributed by atoms with E-state index in [0.29, 0.717) is 12.6 Å². The van der Waals surface area contributed by atoms with Gasteiger partial charge in [0.2, 0.25) is 0 Å². The predicted molar refractivity (Wildman–Crippen MR) is 83.0 cm³/mol. The minimum Gasteiger partial charge on any atom is -0.382 e. The molecule has 1 N–H and O–H groups in total. The first-order valence-corrected chi connectivity index (χ1v) is 8.03. The summed E-state index contributed by atoms with van der Waals surface area (Å²) in [5, 5.41) is 3.76. The lowest BCUT2D eigenvalue weighted by Gasteiger charge is -2.36. The summed E-state index contributed by atoms with van der Waals surface area (Å²) in [5.41, 5.74) is 2.54. The van der Waals surface area contributed by atoms with Crippen LogP contribution in [0.5, 0.6) is 0 Å². The number of anilines is 1. The van der Waals surface area contributed by atoms with Crippen LogP contribution in [0.25, 0.3) is 0 Å². The van der Waals surface area contributed by atoms with Crippen LogP contribution in [0.2, 0.25) is 0 Å². The number of para-hydroxylation sites is 1. The normalized spacial score (nSPS) is 26.4. The molecule has 1 aromatic rings. The predicted octanol–water partition coefficient (Wildman–Crippen LogP) is 3.26. The van der Waals surface area contributed by atoms with Crippen molar-refractivity contribution in [3.8, 4) is 0 Å². The van der Waals surface area contributed by atoms with Crippen LogP contribution in [-0.4, -0.2) is 36.7 Å². The largest absolute Gasteiger partial charge is 0.382 e. The summed E-state index contributed by atoms with van der Waals surface area (Å²) in [7, 11) is 0. The average molecular weight is 274 g/mol. The second-order valence-electron chi connectivity index (χ2n) is 5.99. The second kappa shape index (κ2) is 6.59. The first-order valence-electron chi connectivity index (χ1n) is 8.03. The van der Waals surface area contributed by atoms with Crippen molar-refractivity contribution in [3.63, 3.8) is 0 Å². The molecule has 1 aromatic carbocycles. The third-order valence-electron chi connectivity index (χ3n) is 4.66. The average Bonchev–Trinajstić information content (AvgIpc) is 2.94. The zero-order valence-corrected chi connectivity index (χ0v) is 12.5. The minimum atomic E-state index is 0.622. The number of ether oxygens (including phenoxy) is 1. The zero-order valence-electron chi connectivity index (χ0n) is 12.5. The van der Waals surface area contributed by atoms with Crippen molar-refractivity contribution in [2.45, 2.75) is 51.3 Å². The highest BCUT2D eigenvalue weighted by molar-refractivity contribution is 5.51. The fourth-order valence-corrected chi connectivity index (χ4v) is 3.57. The summed E-state index contributed by atoms with van der Waals surface area (Å²) in [4.78, 5) is 2.67. The van der Waals surface area contributed by atoms with E-state index in [1.165, 1.54) is 50.0 Å². The van der Waals surface area contributed by atoms with E-state index in [1.807, 2.05) is 6.92 Å². The molecule has 2 saturated heterocycles. The number of nitrogens with zero attached hydrogens (tertiary/aromatic N) is 1. The molecule has 2 heterocycles. The molecule has 2 aliphatic rings. The van der Waals surface area contributed by atoms with Gasteiger partial charge in [-0.25, -0.2) is 0 Å². The van der Waals surface area contributed by atoms with Crippen molar-refractivity contribution in [2.24, 2.45) is 0 Å². The van der Waals surface area contributed by atoms with Crippen molar-refractivity contribution in [1.29, 1.82) is 0 Å². The van der Waals surface area contributed by atoms with E-state index in [1.54, 1.807) is 0 Å². The molecule has 0 aromatic heterocycles. The van der Waals surface area contributed by atoms with Gasteiger partial charge in [-0.05, 0) is 45.2 Å². The highest BCUT2D eigenvalue weighted by Gasteiger charge is 2.31. The number of fused-ring (bicyclic) bond motifs is 1. The first-order chi connectivity index (χ1) is 9.86. The minimum absolute atomic E-state index is 0.622. The Labute approximate surface area is 122 Å². The molecule has 2 fully saturated rings. The molecule has 20 heavy (non-hydrogen) atoms. The van der Waals surface area contributed by atoms with E-state index in [2.05, 4.69) is 34.5 Å². The topological polar surface area (TPSA) is 24.5 Å². The van der Waals surface area contributed by atoms with E-state index < -0.39 is 0 Å². The Kier molecular flexibility index (Phi) is 4.58. The molecule has 0 aliphatic carbocycles. The monoisotopic (exact) mass is 274 g/mol. The molecule has 2 aliphatic heterocycles. The van der Waals surface area contributed by atoms with Crippen LogP contribution in [0.3, 0.4) is 0 Å². The highest BCUT2D eigenvalue weighted by atomic mass is 16.5. The van der Waals surface area contributed by atoms with E-state index in [4.69, 9.17) is 4.74 Å². The molecule has 3 rings (SSSR count). The lowest BCUT2D eigenvalue weighted by atomic mass is 9.97. The van der Waals surface area contributed by atoms with Crippen molar-refractivity contribution >= 4 is 5.69 Å². The lowest BCUT2D eigenvalue weighted by molar-refractivity contribution is 0.134.